The molecule has 0 aromatic heterocycles. The fourth-order valence-electron chi connectivity index (χ4n) is 2.10. The van der Waals surface area contributed by atoms with Crippen LogP contribution >= 0.6 is 11.6 Å². The molecule has 0 aliphatic rings. The van der Waals surface area contributed by atoms with Crippen LogP contribution in [0, 0.1) is 0 Å². The molecule has 0 heterocycles. The number of nitrogens with zero attached hydrogens (tertiary/aromatic N) is 1. The second-order valence-corrected chi connectivity index (χ2v) is 5.54. The Morgan fingerprint density at radius 2 is 2.05 bits per heavy atom. The first kappa shape index (κ1) is 16.0. The number of nitrogens with one attached hydrogen (secondary N) is 1. The first-order valence-corrected chi connectivity index (χ1v) is 7.07. The van der Waals surface area contributed by atoms with Crippen LogP contribution in [0.5, 0.6) is 0 Å². The molecule has 1 N–H and O–H groups in total. The molecular formula is C15H23ClN2O. The number of likely N-dealkylation sites (N-methyl/N-ethyl adjacent to an activating group) is 2. The number of benzene rings is 1. The molecule has 0 aliphatic heterocycles. The molecule has 0 unspecified atom stereocenters. The van der Waals surface area contributed by atoms with Crippen molar-refractivity contribution in [2.45, 2.75) is 39.8 Å². The normalized spacial score (nSPS) is 11.4. The number of carbonyl (C=O) groups excluding carboxylic acids is 1. The summed E-state index contributed by atoms with van der Waals surface area (Å²) >= 11 is 5.97. The summed E-state index contributed by atoms with van der Waals surface area (Å²) in [6, 6.07) is 7.64. The molecule has 1 rings (SSSR count). The molecule has 1 amide bonds. The highest BCUT2D eigenvalue weighted by molar-refractivity contribution is 6.30. The molecule has 4 heteroatoms. The van der Waals surface area contributed by atoms with Crippen LogP contribution in [-0.2, 0) is 11.3 Å². The zero-order valence-electron chi connectivity index (χ0n) is 12.2. The third-order valence-electron chi connectivity index (χ3n) is 3.08. The van der Waals surface area contributed by atoms with E-state index in [1.807, 2.05) is 56.9 Å². The Morgan fingerprint density at radius 3 is 2.58 bits per heavy atom. The molecular weight excluding hydrogens is 260 g/mol. The van der Waals surface area contributed by atoms with E-state index in [9.17, 15) is 4.79 Å². The highest BCUT2D eigenvalue weighted by atomic mass is 35.5. The number of carbonyl (C=O) groups is 1. The zero-order valence-corrected chi connectivity index (χ0v) is 12.9. The summed E-state index contributed by atoms with van der Waals surface area (Å²) in [5.74, 6) is 0.108. The van der Waals surface area contributed by atoms with Gasteiger partial charge in [-0.1, -0.05) is 30.7 Å². The largest absolute Gasteiger partial charge is 0.337 e. The van der Waals surface area contributed by atoms with Gasteiger partial charge in [-0.05, 0) is 45.0 Å². The Kier molecular flexibility index (Phi) is 5.83. The number of hydrogen-bond acceptors (Lipinski definition) is 2. The fourth-order valence-corrected chi connectivity index (χ4v) is 2.31. The molecule has 0 aliphatic carbocycles. The van der Waals surface area contributed by atoms with E-state index in [0.29, 0.717) is 18.1 Å². The lowest BCUT2D eigenvalue weighted by atomic mass is 10.0. The van der Waals surface area contributed by atoms with Gasteiger partial charge in [-0.3, -0.25) is 4.79 Å². The summed E-state index contributed by atoms with van der Waals surface area (Å²) in [4.78, 5) is 14.3. The maximum Gasteiger partial charge on any atom is 0.242 e. The summed E-state index contributed by atoms with van der Waals surface area (Å²) < 4.78 is 0. The van der Waals surface area contributed by atoms with Gasteiger partial charge in [0.05, 0.1) is 5.54 Å². The smallest absolute Gasteiger partial charge is 0.242 e. The van der Waals surface area contributed by atoms with Crippen LogP contribution in [0.1, 0.15) is 33.3 Å². The van der Waals surface area contributed by atoms with Crippen molar-refractivity contribution in [3.05, 3.63) is 34.9 Å². The lowest BCUT2D eigenvalue weighted by molar-refractivity contribution is -0.137. The van der Waals surface area contributed by atoms with E-state index in [1.54, 1.807) is 0 Å². The highest BCUT2D eigenvalue weighted by Crippen LogP contribution is 2.15. The average molecular weight is 283 g/mol. The van der Waals surface area contributed by atoms with E-state index < -0.39 is 5.54 Å². The van der Waals surface area contributed by atoms with Crippen LogP contribution in [0.15, 0.2) is 24.3 Å². The van der Waals surface area contributed by atoms with Gasteiger partial charge in [-0.2, -0.15) is 0 Å². The van der Waals surface area contributed by atoms with Gasteiger partial charge in [0.25, 0.3) is 0 Å². The monoisotopic (exact) mass is 282 g/mol. The van der Waals surface area contributed by atoms with Crippen molar-refractivity contribution in [2.24, 2.45) is 0 Å². The predicted octanol–water partition coefficient (Wildman–Crippen LogP) is 3.08. The Bertz CT molecular complexity index is 432. The minimum Gasteiger partial charge on any atom is -0.337 e. The van der Waals surface area contributed by atoms with E-state index in [0.717, 1.165) is 12.1 Å². The number of halogens is 1. The third kappa shape index (κ3) is 4.51. The molecule has 1 aromatic rings. The van der Waals surface area contributed by atoms with Crippen molar-refractivity contribution in [1.29, 1.82) is 0 Å². The second-order valence-electron chi connectivity index (χ2n) is 5.10. The maximum absolute atomic E-state index is 12.5. The summed E-state index contributed by atoms with van der Waals surface area (Å²) in [6.45, 7) is 9.87. The third-order valence-corrected chi connectivity index (χ3v) is 3.32. The summed E-state index contributed by atoms with van der Waals surface area (Å²) in [7, 11) is 0. The molecule has 0 bridgehead atoms. The summed E-state index contributed by atoms with van der Waals surface area (Å²) in [6.07, 6.45) is 0. The molecule has 0 atom stereocenters. The van der Waals surface area contributed by atoms with Gasteiger partial charge in [0, 0.05) is 18.1 Å². The number of hydrogen-bond donors (Lipinski definition) is 1. The van der Waals surface area contributed by atoms with Gasteiger partial charge in [0.1, 0.15) is 0 Å². The Balaban J connectivity index is 2.81. The van der Waals surface area contributed by atoms with Crippen molar-refractivity contribution >= 4 is 17.5 Å². The quantitative estimate of drug-likeness (QED) is 0.870. The van der Waals surface area contributed by atoms with Crippen LogP contribution in [0.4, 0.5) is 0 Å². The zero-order chi connectivity index (χ0) is 14.5. The molecule has 19 heavy (non-hydrogen) atoms. The van der Waals surface area contributed by atoms with Gasteiger partial charge >= 0.3 is 0 Å². The van der Waals surface area contributed by atoms with Gasteiger partial charge in [0.2, 0.25) is 5.91 Å². The summed E-state index contributed by atoms with van der Waals surface area (Å²) in [5.41, 5.74) is 0.513. The average Bonchev–Trinajstić information content (AvgIpc) is 2.35. The van der Waals surface area contributed by atoms with Crippen LogP contribution in [-0.4, -0.2) is 29.4 Å². The molecule has 0 saturated carbocycles. The van der Waals surface area contributed by atoms with E-state index in [4.69, 9.17) is 11.6 Å². The lowest BCUT2D eigenvalue weighted by Crippen LogP contribution is -2.53. The molecule has 0 saturated heterocycles. The summed E-state index contributed by atoms with van der Waals surface area (Å²) in [5, 5.41) is 3.92. The maximum atomic E-state index is 12.5. The van der Waals surface area contributed by atoms with E-state index in [2.05, 4.69) is 5.32 Å². The fraction of sp³-hybridized carbons (Fsp3) is 0.533. The molecule has 0 fully saturated rings. The number of amides is 1. The van der Waals surface area contributed by atoms with Crippen LogP contribution in [0.3, 0.4) is 0 Å². The second kappa shape index (κ2) is 6.92. The Labute approximate surface area is 120 Å². The van der Waals surface area contributed by atoms with Gasteiger partial charge in [-0.15, -0.1) is 0 Å². The predicted molar refractivity (Wildman–Crippen MR) is 80.3 cm³/mol. The van der Waals surface area contributed by atoms with Crippen molar-refractivity contribution in [2.75, 3.05) is 13.1 Å². The molecule has 3 nitrogen and oxygen atoms in total. The van der Waals surface area contributed by atoms with Crippen LogP contribution in [0.25, 0.3) is 0 Å². The number of rotatable bonds is 6. The first-order chi connectivity index (χ1) is 8.90. The Hall–Kier alpha value is -1.06. The Morgan fingerprint density at radius 1 is 1.37 bits per heavy atom. The minimum absolute atomic E-state index is 0.108. The standard InChI is InChI=1S/C15H23ClN2O/c1-5-17-15(3,4)14(19)18(6-2)11-12-8-7-9-13(16)10-12/h7-10,17H,5-6,11H2,1-4H3. The van der Waals surface area contributed by atoms with Crippen molar-refractivity contribution in [1.82, 2.24) is 10.2 Å². The minimum atomic E-state index is -0.538. The van der Waals surface area contributed by atoms with Crippen LogP contribution in [0.2, 0.25) is 5.02 Å². The highest BCUT2D eigenvalue weighted by Gasteiger charge is 2.30. The molecule has 1 aromatic carbocycles. The SMILES string of the molecule is CCNC(C)(C)C(=O)N(CC)Cc1cccc(Cl)c1. The molecule has 0 spiro atoms. The van der Waals surface area contributed by atoms with Crippen LogP contribution < -0.4 is 5.32 Å². The van der Waals surface area contributed by atoms with E-state index in [-0.39, 0.29) is 5.91 Å². The van der Waals surface area contributed by atoms with E-state index in [1.165, 1.54) is 0 Å². The molecule has 0 radical (unpaired) electrons. The van der Waals surface area contributed by atoms with Gasteiger partial charge in [-0.25, -0.2) is 0 Å². The van der Waals surface area contributed by atoms with Gasteiger partial charge in [0.15, 0.2) is 0 Å². The molecule has 106 valence electrons. The van der Waals surface area contributed by atoms with Crippen molar-refractivity contribution in [3.8, 4) is 0 Å². The first-order valence-electron chi connectivity index (χ1n) is 6.69. The van der Waals surface area contributed by atoms with Gasteiger partial charge < -0.3 is 10.2 Å². The van der Waals surface area contributed by atoms with E-state index >= 15 is 0 Å². The topological polar surface area (TPSA) is 32.3 Å². The van der Waals surface area contributed by atoms with Crippen molar-refractivity contribution in [3.63, 3.8) is 0 Å². The lowest BCUT2D eigenvalue weighted by Gasteiger charge is -2.32. The van der Waals surface area contributed by atoms with Crippen molar-refractivity contribution < 1.29 is 4.79 Å².